The first-order valence-electron chi connectivity index (χ1n) is 6.09. The zero-order valence-electron chi connectivity index (χ0n) is 11.5. The lowest BCUT2D eigenvalue weighted by molar-refractivity contribution is 0.590. The molecule has 19 heavy (non-hydrogen) atoms. The van der Waals surface area contributed by atoms with Crippen LogP contribution in [0.5, 0.6) is 0 Å². The summed E-state index contributed by atoms with van der Waals surface area (Å²) in [6.45, 7) is 8.54. The minimum Gasteiger partial charge on any atom is -0.232 e. The highest BCUT2D eigenvalue weighted by molar-refractivity contribution is 14.1. The summed E-state index contributed by atoms with van der Waals surface area (Å²) in [5, 5.41) is 0.517. The Balaban J connectivity index is 2.43. The van der Waals surface area contributed by atoms with Crippen molar-refractivity contribution in [2.24, 2.45) is 0 Å². The SMILES string of the molecule is Cc1nc(-c2ccc(C(C)(C)C)cc2)nc(Cl)c1I. The maximum Gasteiger partial charge on any atom is 0.161 e. The van der Waals surface area contributed by atoms with Crippen molar-refractivity contribution in [2.45, 2.75) is 33.1 Å². The molecule has 100 valence electrons. The van der Waals surface area contributed by atoms with Gasteiger partial charge in [0.2, 0.25) is 0 Å². The predicted octanol–water partition coefficient (Wildman–Crippen LogP) is 5.01. The molecule has 0 aliphatic rings. The van der Waals surface area contributed by atoms with E-state index in [4.69, 9.17) is 11.6 Å². The minimum atomic E-state index is 0.152. The number of hydrogen-bond acceptors (Lipinski definition) is 2. The van der Waals surface area contributed by atoms with Crippen molar-refractivity contribution in [3.63, 3.8) is 0 Å². The van der Waals surface area contributed by atoms with E-state index in [-0.39, 0.29) is 5.41 Å². The molecule has 0 bridgehead atoms. The van der Waals surface area contributed by atoms with Gasteiger partial charge in [0, 0.05) is 5.56 Å². The maximum absolute atomic E-state index is 6.11. The Morgan fingerprint density at radius 1 is 1.05 bits per heavy atom. The Morgan fingerprint density at radius 2 is 1.63 bits per heavy atom. The predicted molar refractivity (Wildman–Crippen MR) is 88.6 cm³/mol. The average Bonchev–Trinajstić information content (AvgIpc) is 2.34. The van der Waals surface area contributed by atoms with Crippen LogP contribution in [0.1, 0.15) is 32.0 Å². The Bertz CT molecular complexity index is 578. The molecule has 0 atom stereocenters. The lowest BCUT2D eigenvalue weighted by Gasteiger charge is -2.19. The van der Waals surface area contributed by atoms with E-state index in [2.05, 4.69) is 77.6 Å². The second-order valence-corrected chi connectivity index (χ2v) is 7.00. The Kier molecular flexibility index (Phi) is 4.16. The molecule has 0 saturated heterocycles. The highest BCUT2D eigenvalue weighted by atomic mass is 127. The van der Waals surface area contributed by atoms with Crippen LogP contribution in [-0.4, -0.2) is 9.97 Å². The van der Waals surface area contributed by atoms with E-state index in [1.165, 1.54) is 5.56 Å². The quantitative estimate of drug-likeness (QED) is 0.509. The van der Waals surface area contributed by atoms with Gasteiger partial charge >= 0.3 is 0 Å². The Morgan fingerprint density at radius 3 is 2.11 bits per heavy atom. The third-order valence-corrected chi connectivity index (χ3v) is 4.87. The molecular formula is C15H16ClIN2. The standard InChI is InChI=1S/C15H16ClIN2/c1-9-12(17)13(16)19-14(18-9)10-5-7-11(8-6-10)15(2,3)4/h5-8H,1-4H3. The van der Waals surface area contributed by atoms with Crippen LogP contribution in [0.4, 0.5) is 0 Å². The van der Waals surface area contributed by atoms with Crippen molar-refractivity contribution in [1.82, 2.24) is 9.97 Å². The smallest absolute Gasteiger partial charge is 0.161 e. The van der Waals surface area contributed by atoms with Crippen LogP contribution in [0.2, 0.25) is 5.15 Å². The highest BCUT2D eigenvalue weighted by Gasteiger charge is 2.14. The molecule has 0 N–H and O–H groups in total. The molecule has 1 aromatic carbocycles. The number of nitrogens with zero attached hydrogens (tertiary/aromatic N) is 2. The van der Waals surface area contributed by atoms with Crippen LogP contribution in [0, 0.1) is 10.5 Å². The largest absolute Gasteiger partial charge is 0.232 e. The van der Waals surface area contributed by atoms with Gasteiger partial charge in [0.15, 0.2) is 5.82 Å². The second-order valence-electron chi connectivity index (χ2n) is 5.56. The van der Waals surface area contributed by atoms with Gasteiger partial charge in [-0.2, -0.15) is 0 Å². The number of halogens is 2. The van der Waals surface area contributed by atoms with Crippen molar-refractivity contribution in [3.05, 3.63) is 44.2 Å². The fraction of sp³-hybridized carbons (Fsp3) is 0.333. The van der Waals surface area contributed by atoms with Gasteiger partial charge in [-0.3, -0.25) is 0 Å². The molecule has 0 radical (unpaired) electrons. The molecule has 1 aromatic heterocycles. The van der Waals surface area contributed by atoms with E-state index in [9.17, 15) is 0 Å². The lowest BCUT2D eigenvalue weighted by atomic mass is 9.87. The van der Waals surface area contributed by atoms with Crippen molar-refractivity contribution in [2.75, 3.05) is 0 Å². The van der Waals surface area contributed by atoms with Gasteiger partial charge in [0.25, 0.3) is 0 Å². The maximum atomic E-state index is 6.11. The molecule has 0 fully saturated rings. The second kappa shape index (κ2) is 5.37. The molecule has 0 saturated carbocycles. The first-order chi connectivity index (χ1) is 8.79. The molecule has 0 amide bonds. The summed E-state index contributed by atoms with van der Waals surface area (Å²) in [5.41, 5.74) is 3.36. The van der Waals surface area contributed by atoms with E-state index in [1.807, 2.05) is 6.92 Å². The molecule has 2 nitrogen and oxygen atoms in total. The zero-order valence-corrected chi connectivity index (χ0v) is 14.4. The zero-order chi connectivity index (χ0) is 14.2. The lowest BCUT2D eigenvalue weighted by Crippen LogP contribution is -2.10. The number of hydrogen-bond donors (Lipinski definition) is 0. The van der Waals surface area contributed by atoms with Crippen LogP contribution >= 0.6 is 34.2 Å². The van der Waals surface area contributed by atoms with E-state index < -0.39 is 0 Å². The van der Waals surface area contributed by atoms with E-state index >= 15 is 0 Å². The summed E-state index contributed by atoms with van der Waals surface area (Å²) in [6, 6.07) is 8.36. The van der Waals surface area contributed by atoms with E-state index in [1.54, 1.807) is 0 Å². The van der Waals surface area contributed by atoms with Crippen molar-refractivity contribution < 1.29 is 0 Å². The third kappa shape index (κ3) is 3.26. The molecule has 2 rings (SSSR count). The Hall–Kier alpha value is -0.680. The van der Waals surface area contributed by atoms with Gasteiger partial charge < -0.3 is 0 Å². The molecule has 0 spiro atoms. The first-order valence-corrected chi connectivity index (χ1v) is 7.55. The summed E-state index contributed by atoms with van der Waals surface area (Å²) >= 11 is 8.28. The molecule has 4 heteroatoms. The van der Waals surface area contributed by atoms with Gasteiger partial charge in [-0.05, 0) is 40.5 Å². The third-order valence-electron chi connectivity index (χ3n) is 2.99. The summed E-state index contributed by atoms with van der Waals surface area (Å²) in [7, 11) is 0. The van der Waals surface area contributed by atoms with E-state index in [0.717, 1.165) is 14.8 Å². The number of aryl methyl sites for hydroxylation is 1. The van der Waals surface area contributed by atoms with Crippen molar-refractivity contribution >= 4 is 34.2 Å². The van der Waals surface area contributed by atoms with Gasteiger partial charge in [-0.25, -0.2) is 9.97 Å². The highest BCUT2D eigenvalue weighted by Crippen LogP contribution is 2.26. The summed E-state index contributed by atoms with van der Waals surface area (Å²) in [5.74, 6) is 0.684. The summed E-state index contributed by atoms with van der Waals surface area (Å²) in [4.78, 5) is 8.84. The van der Waals surface area contributed by atoms with Crippen LogP contribution < -0.4 is 0 Å². The number of benzene rings is 1. The summed E-state index contributed by atoms with van der Waals surface area (Å²) < 4.78 is 0.911. The molecule has 0 aliphatic heterocycles. The summed E-state index contributed by atoms with van der Waals surface area (Å²) in [6.07, 6.45) is 0. The van der Waals surface area contributed by atoms with Gasteiger partial charge in [-0.1, -0.05) is 56.6 Å². The Labute approximate surface area is 132 Å². The van der Waals surface area contributed by atoms with Crippen LogP contribution in [-0.2, 0) is 5.41 Å². The molecule has 0 unspecified atom stereocenters. The minimum absolute atomic E-state index is 0.152. The van der Waals surface area contributed by atoms with Crippen LogP contribution in [0.25, 0.3) is 11.4 Å². The number of aromatic nitrogens is 2. The first kappa shape index (κ1) is 14.7. The average molecular weight is 387 g/mol. The molecular weight excluding hydrogens is 371 g/mol. The van der Waals surface area contributed by atoms with Crippen LogP contribution in [0.3, 0.4) is 0 Å². The van der Waals surface area contributed by atoms with Crippen molar-refractivity contribution in [3.8, 4) is 11.4 Å². The topological polar surface area (TPSA) is 25.8 Å². The fourth-order valence-corrected chi connectivity index (χ4v) is 2.23. The van der Waals surface area contributed by atoms with E-state index in [0.29, 0.717) is 11.0 Å². The van der Waals surface area contributed by atoms with Crippen molar-refractivity contribution in [1.29, 1.82) is 0 Å². The fourth-order valence-electron chi connectivity index (χ4n) is 1.77. The number of rotatable bonds is 1. The van der Waals surface area contributed by atoms with Gasteiger partial charge in [-0.15, -0.1) is 0 Å². The monoisotopic (exact) mass is 386 g/mol. The van der Waals surface area contributed by atoms with Crippen LogP contribution in [0.15, 0.2) is 24.3 Å². The normalized spacial score (nSPS) is 11.7. The van der Waals surface area contributed by atoms with Gasteiger partial charge in [0.05, 0.1) is 9.26 Å². The van der Waals surface area contributed by atoms with Gasteiger partial charge in [0.1, 0.15) is 5.15 Å². The molecule has 1 heterocycles. The molecule has 0 aliphatic carbocycles. The molecule has 2 aromatic rings.